The van der Waals surface area contributed by atoms with Gasteiger partial charge in [0, 0.05) is 12.8 Å². The summed E-state index contributed by atoms with van der Waals surface area (Å²) < 4.78 is 3.60. The van der Waals surface area contributed by atoms with Crippen molar-refractivity contribution in [1.29, 1.82) is 0 Å². The van der Waals surface area contributed by atoms with Crippen LogP contribution in [-0.2, 0) is 12.8 Å². The van der Waals surface area contributed by atoms with E-state index in [2.05, 4.69) is 29.4 Å². The van der Waals surface area contributed by atoms with Gasteiger partial charge in [-0.15, -0.1) is 0 Å². The molecule has 0 bridgehead atoms. The normalized spacial score (nSPS) is 10.5. The Morgan fingerprint density at radius 3 is 2.73 bits per heavy atom. The summed E-state index contributed by atoms with van der Waals surface area (Å²) in [6.45, 7) is 0. The molecule has 2 rings (SSSR count). The highest BCUT2D eigenvalue weighted by atomic mass is 32.2. The smallest absolute Gasteiger partial charge is 0.179 e. The number of nitrogens with zero attached hydrogens (tertiary/aromatic N) is 2. The molecule has 0 atom stereocenters. The van der Waals surface area contributed by atoms with Crippen molar-refractivity contribution in [3.8, 4) is 0 Å². The molecular weight excluding hydrogens is 244 g/mol. The van der Waals surface area contributed by atoms with Crippen molar-refractivity contribution in [2.24, 2.45) is 7.05 Å². The summed E-state index contributed by atoms with van der Waals surface area (Å²) >= 11 is 8.40. The summed E-state index contributed by atoms with van der Waals surface area (Å²) in [5, 5.41) is 4.32. The summed E-state index contributed by atoms with van der Waals surface area (Å²) in [5.74, 6) is 0.948. The molecule has 0 aliphatic heterocycles. The van der Waals surface area contributed by atoms with Gasteiger partial charge in [-0.05, 0) is 17.8 Å². The van der Waals surface area contributed by atoms with Gasteiger partial charge in [0.1, 0.15) is 0 Å². The molecule has 1 aromatic carbocycles. The Morgan fingerprint density at radius 1 is 1.40 bits per heavy atom. The van der Waals surface area contributed by atoms with Crippen molar-refractivity contribution in [1.82, 2.24) is 9.78 Å². The Balaban J connectivity index is 2.02. The summed E-state index contributed by atoms with van der Waals surface area (Å²) in [6, 6.07) is 10.4. The number of aryl methyl sites for hydroxylation is 1. The highest BCUT2D eigenvalue weighted by Crippen LogP contribution is 2.24. The number of aromatic nitrogens is 2. The van der Waals surface area contributed by atoms with Gasteiger partial charge in [-0.2, -0.15) is 5.10 Å². The maximum atomic E-state index is 5.11. The molecule has 1 heterocycles. The van der Waals surface area contributed by atoms with Gasteiger partial charge in [0.15, 0.2) is 8.29 Å². The van der Waals surface area contributed by atoms with Gasteiger partial charge < -0.3 is 0 Å². The first-order valence-electron chi connectivity index (χ1n) is 4.46. The molecule has 0 aliphatic carbocycles. The van der Waals surface area contributed by atoms with E-state index in [-0.39, 0.29) is 0 Å². The Bertz CT molecular complexity index is 487. The van der Waals surface area contributed by atoms with Gasteiger partial charge in [-0.1, -0.05) is 53.4 Å². The quantitative estimate of drug-likeness (QED) is 0.616. The summed E-state index contributed by atoms with van der Waals surface area (Å²) in [7, 11) is 1.88. The minimum atomic E-state index is 0.825. The molecule has 5 heteroatoms. The third-order valence-electron chi connectivity index (χ3n) is 1.88. The summed E-state index contributed by atoms with van der Waals surface area (Å²) in [6.07, 6.45) is 0. The fraction of sp³-hybridized carbons (Fsp3) is 0.200. The van der Waals surface area contributed by atoms with Gasteiger partial charge in [-0.3, -0.25) is 0 Å². The lowest BCUT2D eigenvalue weighted by molar-refractivity contribution is 0.729. The molecule has 0 N–H and O–H groups in total. The van der Waals surface area contributed by atoms with Gasteiger partial charge in [-0.25, -0.2) is 4.68 Å². The van der Waals surface area contributed by atoms with Crippen LogP contribution in [0.25, 0.3) is 0 Å². The van der Waals surface area contributed by atoms with Crippen LogP contribution in [0.1, 0.15) is 5.56 Å². The number of hydrogen-bond donors (Lipinski definition) is 0. The lowest BCUT2D eigenvalue weighted by Gasteiger charge is -1.96. The van der Waals surface area contributed by atoms with E-state index in [1.165, 1.54) is 5.56 Å². The Morgan fingerprint density at radius 2 is 2.13 bits per heavy atom. The van der Waals surface area contributed by atoms with Crippen LogP contribution < -0.4 is 0 Å². The average Bonchev–Trinajstić information content (AvgIpc) is 2.57. The van der Waals surface area contributed by atoms with Crippen LogP contribution in [0.4, 0.5) is 0 Å². The van der Waals surface area contributed by atoms with E-state index < -0.39 is 0 Å². The highest BCUT2D eigenvalue weighted by Gasteiger charge is 2.01. The Kier molecular flexibility index (Phi) is 3.56. The zero-order valence-electron chi connectivity index (χ0n) is 8.21. The molecule has 0 spiro atoms. The molecule has 0 fully saturated rings. The third-order valence-corrected chi connectivity index (χ3v) is 4.49. The van der Waals surface area contributed by atoms with Crippen LogP contribution in [0.15, 0.2) is 34.7 Å². The van der Waals surface area contributed by atoms with E-state index in [9.17, 15) is 0 Å². The SMILES string of the molecule is Cn1nc(SCc2ccccc2)sc1=S. The Hall–Kier alpha value is -0.650. The van der Waals surface area contributed by atoms with E-state index in [1.807, 2.05) is 13.1 Å². The largest absolute Gasteiger partial charge is 0.247 e. The first-order chi connectivity index (χ1) is 7.25. The summed E-state index contributed by atoms with van der Waals surface area (Å²) in [4.78, 5) is 0. The highest BCUT2D eigenvalue weighted by molar-refractivity contribution is 8.00. The Labute approximate surface area is 102 Å². The fourth-order valence-corrected chi connectivity index (χ4v) is 3.34. The van der Waals surface area contributed by atoms with Crippen LogP contribution >= 0.6 is 35.3 Å². The topological polar surface area (TPSA) is 17.8 Å². The molecular formula is C10H10N2S3. The molecule has 1 aromatic heterocycles. The second-order valence-corrected chi connectivity index (χ2v) is 5.88. The molecule has 0 aliphatic rings. The second-order valence-electron chi connectivity index (χ2n) is 3.03. The third kappa shape index (κ3) is 2.90. The first-order valence-corrected chi connectivity index (χ1v) is 6.67. The van der Waals surface area contributed by atoms with Gasteiger partial charge in [0.25, 0.3) is 0 Å². The van der Waals surface area contributed by atoms with Crippen LogP contribution in [0.5, 0.6) is 0 Å². The fourth-order valence-electron chi connectivity index (χ4n) is 1.10. The molecule has 2 aromatic rings. The van der Waals surface area contributed by atoms with Crippen molar-refractivity contribution < 1.29 is 0 Å². The molecule has 0 amide bonds. The minimum absolute atomic E-state index is 0.825. The lowest BCUT2D eigenvalue weighted by Crippen LogP contribution is -1.89. The monoisotopic (exact) mass is 254 g/mol. The zero-order valence-corrected chi connectivity index (χ0v) is 10.7. The number of rotatable bonds is 3. The number of thioether (sulfide) groups is 1. The zero-order chi connectivity index (χ0) is 10.7. The summed E-state index contributed by atoms with van der Waals surface area (Å²) in [5.41, 5.74) is 1.31. The van der Waals surface area contributed by atoms with Crippen LogP contribution in [0.2, 0.25) is 0 Å². The predicted octanol–water partition coefficient (Wildman–Crippen LogP) is 3.50. The van der Waals surface area contributed by atoms with E-state index >= 15 is 0 Å². The molecule has 0 radical (unpaired) electrons. The van der Waals surface area contributed by atoms with Crippen LogP contribution in [0.3, 0.4) is 0 Å². The molecule has 0 saturated heterocycles. The lowest BCUT2D eigenvalue weighted by atomic mass is 10.2. The molecule has 2 nitrogen and oxygen atoms in total. The van der Waals surface area contributed by atoms with E-state index in [0.29, 0.717) is 0 Å². The number of benzene rings is 1. The van der Waals surface area contributed by atoms with Gasteiger partial charge in [0.2, 0.25) is 0 Å². The standard InChI is InChI=1S/C10H10N2S3/c1-12-10(13)15-9(11-12)14-7-8-5-3-2-4-6-8/h2-6H,7H2,1H3. The van der Waals surface area contributed by atoms with Crippen molar-refractivity contribution in [2.45, 2.75) is 10.1 Å². The predicted molar refractivity (Wildman–Crippen MR) is 67.9 cm³/mol. The van der Waals surface area contributed by atoms with Crippen LogP contribution in [-0.4, -0.2) is 9.78 Å². The van der Waals surface area contributed by atoms with Crippen molar-refractivity contribution in [2.75, 3.05) is 0 Å². The van der Waals surface area contributed by atoms with Gasteiger partial charge in [0.05, 0.1) is 0 Å². The second kappa shape index (κ2) is 4.92. The molecule has 0 unspecified atom stereocenters. The molecule has 78 valence electrons. The molecule has 15 heavy (non-hydrogen) atoms. The maximum absolute atomic E-state index is 5.11. The van der Waals surface area contributed by atoms with Crippen molar-refractivity contribution in [3.63, 3.8) is 0 Å². The van der Waals surface area contributed by atoms with Crippen LogP contribution in [0, 0.1) is 3.95 Å². The van der Waals surface area contributed by atoms with E-state index in [0.717, 1.165) is 14.0 Å². The van der Waals surface area contributed by atoms with E-state index in [4.69, 9.17) is 12.2 Å². The van der Waals surface area contributed by atoms with Gasteiger partial charge >= 0.3 is 0 Å². The maximum Gasteiger partial charge on any atom is 0.179 e. The van der Waals surface area contributed by atoms with Crippen molar-refractivity contribution in [3.05, 3.63) is 39.8 Å². The average molecular weight is 254 g/mol. The first kappa shape index (κ1) is 10.9. The molecule has 0 saturated carbocycles. The van der Waals surface area contributed by atoms with Crippen molar-refractivity contribution >= 4 is 35.3 Å². The number of hydrogen-bond acceptors (Lipinski definition) is 4. The van der Waals surface area contributed by atoms with E-state index in [1.54, 1.807) is 27.8 Å². The minimum Gasteiger partial charge on any atom is -0.247 e.